The molecule has 0 radical (unpaired) electrons. The lowest BCUT2D eigenvalue weighted by atomic mass is 10.1. The lowest BCUT2D eigenvalue weighted by Gasteiger charge is -2.20. The number of hydrogen-bond acceptors (Lipinski definition) is 3. The van der Waals surface area contributed by atoms with Gasteiger partial charge >= 0.3 is 5.97 Å². The van der Waals surface area contributed by atoms with Gasteiger partial charge in [-0.05, 0) is 52.6 Å². The molecule has 0 fully saturated rings. The third-order valence-electron chi connectivity index (χ3n) is 3.33. The van der Waals surface area contributed by atoms with Crippen LogP contribution in [0.1, 0.15) is 39.5 Å². The van der Waals surface area contributed by atoms with Crippen LogP contribution in [0.5, 0.6) is 0 Å². The molecule has 0 saturated carbocycles. The van der Waals surface area contributed by atoms with E-state index >= 15 is 0 Å². The van der Waals surface area contributed by atoms with Gasteiger partial charge in [0.15, 0.2) is 8.32 Å². The number of methoxy groups -OCH3 is 1. The van der Waals surface area contributed by atoms with Crippen molar-refractivity contribution in [3.05, 3.63) is 35.5 Å². The molecular formula is C18H31BrO3Si. The van der Waals surface area contributed by atoms with Crippen LogP contribution < -0.4 is 0 Å². The fourth-order valence-corrected chi connectivity index (χ4v) is 2.91. The summed E-state index contributed by atoms with van der Waals surface area (Å²) in [5.74, 6) is -0.292. The Bertz CT molecular complexity index is 440. The zero-order chi connectivity index (χ0) is 17.7. The standard InChI is InChI=1S/C18H31BrO3Si/c1-16(10-7-6-8-13-18(20)21-3)11-9-12-17(2)14-22-23(4,5)15-19/h8,10,12-13H,6-7,9,11,14-15H2,1-5H3/b13-8+,16-10+,17-12+. The first kappa shape index (κ1) is 22.3. The van der Waals surface area contributed by atoms with Gasteiger partial charge < -0.3 is 9.16 Å². The number of allylic oxidation sites excluding steroid dienone is 4. The van der Waals surface area contributed by atoms with Crippen LogP contribution in [0.2, 0.25) is 13.1 Å². The molecule has 0 spiro atoms. The van der Waals surface area contributed by atoms with E-state index in [1.165, 1.54) is 24.3 Å². The molecule has 0 aromatic rings. The van der Waals surface area contributed by atoms with E-state index in [0.717, 1.165) is 37.2 Å². The summed E-state index contributed by atoms with van der Waals surface area (Å²) in [6.45, 7) is 9.47. The highest BCUT2D eigenvalue weighted by atomic mass is 79.9. The van der Waals surface area contributed by atoms with Gasteiger partial charge in [0.25, 0.3) is 0 Å². The number of carbonyl (C=O) groups is 1. The summed E-state index contributed by atoms with van der Waals surface area (Å²) in [5, 5.41) is 0. The first-order valence-corrected chi connectivity index (χ1v) is 12.3. The Labute approximate surface area is 151 Å². The van der Waals surface area contributed by atoms with Gasteiger partial charge in [-0.25, -0.2) is 4.79 Å². The van der Waals surface area contributed by atoms with E-state index in [-0.39, 0.29) is 5.97 Å². The molecule has 0 rings (SSSR count). The van der Waals surface area contributed by atoms with Gasteiger partial charge in [0.05, 0.1) is 13.7 Å². The highest BCUT2D eigenvalue weighted by molar-refractivity contribution is 9.09. The zero-order valence-electron chi connectivity index (χ0n) is 15.2. The van der Waals surface area contributed by atoms with Crippen molar-refractivity contribution in [2.75, 3.05) is 18.7 Å². The van der Waals surface area contributed by atoms with E-state index < -0.39 is 8.32 Å². The normalized spacial score (nSPS) is 13.7. The Balaban J connectivity index is 3.97. The van der Waals surface area contributed by atoms with Crippen LogP contribution in [-0.2, 0) is 14.0 Å². The fourth-order valence-electron chi connectivity index (χ4n) is 1.73. The van der Waals surface area contributed by atoms with Gasteiger partial charge in [-0.3, -0.25) is 0 Å². The van der Waals surface area contributed by atoms with Crippen LogP contribution in [0.3, 0.4) is 0 Å². The van der Waals surface area contributed by atoms with Crippen LogP contribution in [0, 0.1) is 0 Å². The number of hydrogen-bond donors (Lipinski definition) is 0. The molecule has 0 saturated heterocycles. The Morgan fingerprint density at radius 2 is 1.74 bits per heavy atom. The van der Waals surface area contributed by atoms with E-state index in [2.05, 4.69) is 59.8 Å². The Hall–Kier alpha value is -0.653. The van der Waals surface area contributed by atoms with E-state index in [9.17, 15) is 4.79 Å². The van der Waals surface area contributed by atoms with E-state index in [1.54, 1.807) is 0 Å². The molecule has 5 heteroatoms. The van der Waals surface area contributed by atoms with Gasteiger partial charge in [0.1, 0.15) is 0 Å². The number of ether oxygens (including phenoxy) is 1. The van der Waals surface area contributed by atoms with Gasteiger partial charge in [-0.2, -0.15) is 0 Å². The van der Waals surface area contributed by atoms with Crippen molar-refractivity contribution in [1.29, 1.82) is 0 Å². The molecular weight excluding hydrogens is 372 g/mol. The van der Waals surface area contributed by atoms with Crippen LogP contribution in [0.25, 0.3) is 0 Å². The van der Waals surface area contributed by atoms with Gasteiger partial charge in [-0.1, -0.05) is 45.3 Å². The topological polar surface area (TPSA) is 35.5 Å². The summed E-state index contributed by atoms with van der Waals surface area (Å²) in [6, 6.07) is 0. The average Bonchev–Trinajstić information content (AvgIpc) is 2.52. The molecule has 132 valence electrons. The third kappa shape index (κ3) is 13.5. The number of halogens is 1. The van der Waals surface area contributed by atoms with Crippen molar-refractivity contribution in [3.8, 4) is 0 Å². The van der Waals surface area contributed by atoms with E-state index in [4.69, 9.17) is 4.43 Å². The molecule has 3 nitrogen and oxygen atoms in total. The summed E-state index contributed by atoms with van der Waals surface area (Å²) in [5.41, 5.74) is 2.69. The summed E-state index contributed by atoms with van der Waals surface area (Å²) in [7, 11) is -0.123. The van der Waals surface area contributed by atoms with Gasteiger partial charge in [-0.15, -0.1) is 0 Å². The highest BCUT2D eigenvalue weighted by Gasteiger charge is 2.20. The van der Waals surface area contributed by atoms with Crippen molar-refractivity contribution in [2.24, 2.45) is 0 Å². The Kier molecular flexibility index (Phi) is 12.4. The lowest BCUT2D eigenvalue weighted by molar-refractivity contribution is -0.134. The van der Waals surface area contributed by atoms with Crippen molar-refractivity contribution in [1.82, 2.24) is 0 Å². The number of carbonyl (C=O) groups excluding carboxylic acids is 1. The molecule has 0 unspecified atom stereocenters. The summed E-state index contributed by atoms with van der Waals surface area (Å²) in [4.78, 5) is 11.9. The number of esters is 1. The minimum absolute atomic E-state index is 0.292. The second-order valence-corrected chi connectivity index (χ2v) is 12.1. The second kappa shape index (κ2) is 12.7. The molecule has 0 aliphatic carbocycles. The van der Waals surface area contributed by atoms with Crippen LogP contribution in [0.15, 0.2) is 35.5 Å². The van der Waals surface area contributed by atoms with Gasteiger partial charge in [0.2, 0.25) is 0 Å². The summed E-state index contributed by atoms with van der Waals surface area (Å²) < 4.78 is 10.5. The minimum Gasteiger partial charge on any atom is -0.466 e. The molecule has 0 N–H and O–H groups in total. The third-order valence-corrected chi connectivity index (χ3v) is 8.95. The molecule has 0 amide bonds. The minimum atomic E-state index is -1.51. The molecule has 0 heterocycles. The SMILES string of the molecule is COC(=O)/C=C/CC/C=C(\C)CC/C=C(\C)CO[Si](C)(C)CBr. The highest BCUT2D eigenvalue weighted by Crippen LogP contribution is 2.12. The van der Waals surface area contributed by atoms with E-state index in [0.29, 0.717) is 0 Å². The largest absolute Gasteiger partial charge is 0.466 e. The molecule has 0 atom stereocenters. The molecule has 0 aliphatic heterocycles. The number of unbranched alkanes of at least 4 members (excludes halogenated alkanes) is 1. The Morgan fingerprint density at radius 1 is 1.09 bits per heavy atom. The maximum atomic E-state index is 10.9. The van der Waals surface area contributed by atoms with Crippen molar-refractivity contribution in [3.63, 3.8) is 0 Å². The fraction of sp³-hybridized carbons (Fsp3) is 0.611. The second-order valence-electron chi connectivity index (χ2n) is 6.32. The predicted octanol–water partition coefficient (Wildman–Crippen LogP) is 5.32. The zero-order valence-corrected chi connectivity index (χ0v) is 17.7. The molecule has 23 heavy (non-hydrogen) atoms. The van der Waals surface area contributed by atoms with Crippen molar-refractivity contribution in [2.45, 2.75) is 52.6 Å². The lowest BCUT2D eigenvalue weighted by Crippen LogP contribution is -2.33. The molecule has 0 aromatic heterocycles. The molecule has 0 aromatic carbocycles. The smallest absolute Gasteiger partial charge is 0.330 e. The van der Waals surface area contributed by atoms with Crippen LogP contribution in [0.4, 0.5) is 0 Å². The maximum absolute atomic E-state index is 10.9. The first-order valence-electron chi connectivity index (χ1n) is 8.06. The van der Waals surface area contributed by atoms with Gasteiger partial charge in [0, 0.05) is 11.0 Å². The first-order chi connectivity index (χ1) is 10.8. The molecule has 0 bridgehead atoms. The summed E-state index contributed by atoms with van der Waals surface area (Å²) >= 11 is 3.52. The maximum Gasteiger partial charge on any atom is 0.330 e. The van der Waals surface area contributed by atoms with E-state index in [1.807, 2.05) is 6.08 Å². The Morgan fingerprint density at radius 3 is 2.35 bits per heavy atom. The van der Waals surface area contributed by atoms with Crippen molar-refractivity contribution >= 4 is 30.2 Å². The quantitative estimate of drug-likeness (QED) is 0.117. The van der Waals surface area contributed by atoms with Crippen LogP contribution >= 0.6 is 15.9 Å². The van der Waals surface area contributed by atoms with Crippen LogP contribution in [-0.4, -0.2) is 33.0 Å². The monoisotopic (exact) mass is 402 g/mol. The molecule has 0 aliphatic rings. The number of rotatable bonds is 11. The summed E-state index contributed by atoms with van der Waals surface area (Å²) in [6.07, 6.45) is 11.8. The average molecular weight is 403 g/mol. The number of alkyl halides is 1. The predicted molar refractivity (Wildman–Crippen MR) is 104 cm³/mol. The van der Waals surface area contributed by atoms with Crippen molar-refractivity contribution < 1.29 is 14.0 Å².